The lowest BCUT2D eigenvalue weighted by atomic mass is 9.99. The number of aromatic nitrogens is 1. The fourth-order valence-corrected chi connectivity index (χ4v) is 2.56. The molecule has 0 aliphatic rings. The summed E-state index contributed by atoms with van der Waals surface area (Å²) in [6.45, 7) is 0. The summed E-state index contributed by atoms with van der Waals surface area (Å²) in [7, 11) is 0. The zero-order valence-electron chi connectivity index (χ0n) is 10.6. The van der Waals surface area contributed by atoms with Crippen LogP contribution in [0.4, 0.5) is 0 Å². The zero-order chi connectivity index (χ0) is 14.1. The Bertz CT molecular complexity index is 766. The van der Waals surface area contributed by atoms with E-state index in [1.165, 1.54) is 0 Å². The monoisotopic (exact) mass is 302 g/mol. The van der Waals surface area contributed by atoms with Gasteiger partial charge in [-0.15, -0.1) is 0 Å². The first kappa shape index (κ1) is 13.4. The maximum Gasteiger partial charge on any atom is 0.0733 e. The normalized spacial score (nSPS) is 12.6. The van der Waals surface area contributed by atoms with E-state index in [4.69, 9.17) is 28.9 Å². The van der Waals surface area contributed by atoms with Crippen molar-refractivity contribution < 1.29 is 0 Å². The van der Waals surface area contributed by atoms with E-state index in [1.807, 2.05) is 36.4 Å². The van der Waals surface area contributed by atoms with Gasteiger partial charge in [0.25, 0.3) is 0 Å². The van der Waals surface area contributed by atoms with Gasteiger partial charge in [0.2, 0.25) is 0 Å². The lowest BCUT2D eigenvalue weighted by Gasteiger charge is -2.14. The molecule has 0 aliphatic heterocycles. The molecule has 0 saturated carbocycles. The molecule has 2 aromatic carbocycles. The number of halogens is 2. The highest BCUT2D eigenvalue weighted by atomic mass is 35.5. The van der Waals surface area contributed by atoms with Crippen molar-refractivity contribution in [2.75, 3.05) is 0 Å². The number of nitrogens with zero attached hydrogens (tertiary/aromatic N) is 1. The maximum absolute atomic E-state index is 6.34. The van der Waals surface area contributed by atoms with Gasteiger partial charge >= 0.3 is 0 Å². The number of hydrogen-bond donors (Lipinski definition) is 1. The van der Waals surface area contributed by atoms with E-state index >= 15 is 0 Å². The molecule has 0 fully saturated rings. The van der Waals surface area contributed by atoms with Gasteiger partial charge in [-0.1, -0.05) is 53.5 Å². The third kappa shape index (κ3) is 2.38. The van der Waals surface area contributed by atoms with Crippen LogP contribution in [0.3, 0.4) is 0 Å². The second kappa shape index (κ2) is 5.41. The van der Waals surface area contributed by atoms with Crippen LogP contribution in [0.2, 0.25) is 10.0 Å². The average Bonchev–Trinajstić information content (AvgIpc) is 2.49. The first-order valence-electron chi connectivity index (χ1n) is 6.21. The van der Waals surface area contributed by atoms with Crippen molar-refractivity contribution in [3.63, 3.8) is 0 Å². The fraction of sp³-hybridized carbons (Fsp3) is 0.0625. The predicted octanol–water partition coefficient (Wildman–Crippen LogP) is 4.59. The topological polar surface area (TPSA) is 38.9 Å². The third-order valence-electron chi connectivity index (χ3n) is 3.30. The lowest BCUT2D eigenvalue weighted by molar-refractivity contribution is 0.840. The van der Waals surface area contributed by atoms with Crippen LogP contribution < -0.4 is 5.73 Å². The van der Waals surface area contributed by atoms with Crippen LogP contribution in [0.5, 0.6) is 0 Å². The molecule has 1 heterocycles. The Labute approximate surface area is 127 Å². The number of nitrogens with two attached hydrogens (primary N) is 1. The van der Waals surface area contributed by atoms with E-state index < -0.39 is 0 Å². The molecule has 0 amide bonds. The summed E-state index contributed by atoms with van der Waals surface area (Å²) in [5, 5.41) is 3.19. The van der Waals surface area contributed by atoms with Crippen LogP contribution in [0.1, 0.15) is 17.3 Å². The van der Waals surface area contributed by atoms with Crippen molar-refractivity contribution in [2.24, 2.45) is 5.73 Å². The van der Waals surface area contributed by atoms with E-state index in [9.17, 15) is 0 Å². The third-order valence-corrected chi connectivity index (χ3v) is 4.04. The molecule has 4 heteroatoms. The molecule has 0 saturated heterocycles. The van der Waals surface area contributed by atoms with Gasteiger partial charge in [-0.3, -0.25) is 4.98 Å². The van der Waals surface area contributed by atoms with E-state index in [1.54, 1.807) is 18.3 Å². The summed E-state index contributed by atoms with van der Waals surface area (Å²) in [4.78, 5) is 4.43. The van der Waals surface area contributed by atoms with Crippen LogP contribution in [-0.2, 0) is 0 Å². The standard InChI is InChI=1S/C16H12Cl2N2/c17-13-6-5-11(9-14(13)18)15(19)16-12-4-2-1-3-10(12)7-8-20-16/h1-9,15H,19H2. The highest BCUT2D eigenvalue weighted by molar-refractivity contribution is 6.42. The molecular formula is C16H12Cl2N2. The molecule has 3 aromatic rings. The largest absolute Gasteiger partial charge is 0.319 e. The van der Waals surface area contributed by atoms with Gasteiger partial charge in [0.15, 0.2) is 0 Å². The van der Waals surface area contributed by atoms with E-state index in [-0.39, 0.29) is 6.04 Å². The summed E-state index contributed by atoms with van der Waals surface area (Å²) in [6, 6.07) is 15.1. The SMILES string of the molecule is NC(c1ccc(Cl)c(Cl)c1)c1nccc2ccccc12. The lowest BCUT2D eigenvalue weighted by Crippen LogP contribution is -2.14. The fourth-order valence-electron chi connectivity index (χ4n) is 2.25. The summed E-state index contributed by atoms with van der Waals surface area (Å²) >= 11 is 12.0. The molecule has 3 rings (SSSR count). The molecule has 2 N–H and O–H groups in total. The van der Waals surface area contributed by atoms with Crippen molar-refractivity contribution >= 4 is 34.0 Å². The zero-order valence-corrected chi connectivity index (χ0v) is 12.1. The van der Waals surface area contributed by atoms with Gasteiger partial charge in [0.1, 0.15) is 0 Å². The van der Waals surface area contributed by atoms with Crippen molar-refractivity contribution in [3.8, 4) is 0 Å². The smallest absolute Gasteiger partial charge is 0.0733 e. The van der Waals surface area contributed by atoms with Gasteiger partial charge in [0, 0.05) is 11.6 Å². The molecule has 0 spiro atoms. The Hall–Kier alpha value is -1.61. The van der Waals surface area contributed by atoms with Crippen LogP contribution in [-0.4, -0.2) is 4.98 Å². The van der Waals surface area contributed by atoms with Crippen LogP contribution in [0.25, 0.3) is 10.8 Å². The van der Waals surface area contributed by atoms with Crippen molar-refractivity contribution in [3.05, 3.63) is 76.0 Å². The first-order valence-corrected chi connectivity index (χ1v) is 6.96. The Morgan fingerprint density at radius 2 is 1.75 bits per heavy atom. The van der Waals surface area contributed by atoms with Crippen LogP contribution in [0, 0.1) is 0 Å². The van der Waals surface area contributed by atoms with Crippen molar-refractivity contribution in [1.29, 1.82) is 0 Å². The van der Waals surface area contributed by atoms with Gasteiger partial charge in [-0.05, 0) is 29.1 Å². The Morgan fingerprint density at radius 1 is 0.950 bits per heavy atom. The van der Waals surface area contributed by atoms with E-state index in [0.29, 0.717) is 10.0 Å². The molecule has 1 atom stereocenters. The second-order valence-electron chi connectivity index (χ2n) is 4.57. The molecule has 0 radical (unpaired) electrons. The van der Waals surface area contributed by atoms with E-state index in [2.05, 4.69) is 4.98 Å². The van der Waals surface area contributed by atoms with Crippen LogP contribution in [0.15, 0.2) is 54.7 Å². The highest BCUT2D eigenvalue weighted by Crippen LogP contribution is 2.29. The Balaban J connectivity index is 2.12. The highest BCUT2D eigenvalue weighted by Gasteiger charge is 2.14. The number of benzene rings is 2. The minimum absolute atomic E-state index is 0.337. The number of pyridine rings is 1. The molecular weight excluding hydrogens is 291 g/mol. The van der Waals surface area contributed by atoms with Crippen molar-refractivity contribution in [2.45, 2.75) is 6.04 Å². The summed E-state index contributed by atoms with van der Waals surface area (Å²) in [5.41, 5.74) is 8.06. The van der Waals surface area contributed by atoms with E-state index in [0.717, 1.165) is 22.0 Å². The predicted molar refractivity (Wildman–Crippen MR) is 84.2 cm³/mol. The van der Waals surface area contributed by atoms with Gasteiger partial charge in [-0.2, -0.15) is 0 Å². The summed E-state index contributed by atoms with van der Waals surface area (Å²) in [6.07, 6.45) is 1.77. The molecule has 1 unspecified atom stereocenters. The van der Waals surface area contributed by atoms with Gasteiger partial charge in [0.05, 0.1) is 21.8 Å². The number of hydrogen-bond acceptors (Lipinski definition) is 2. The maximum atomic E-state index is 6.34. The summed E-state index contributed by atoms with van der Waals surface area (Å²) < 4.78 is 0. The van der Waals surface area contributed by atoms with Gasteiger partial charge < -0.3 is 5.73 Å². The Morgan fingerprint density at radius 3 is 2.55 bits per heavy atom. The second-order valence-corrected chi connectivity index (χ2v) is 5.38. The van der Waals surface area contributed by atoms with Crippen molar-refractivity contribution in [1.82, 2.24) is 4.98 Å². The Kier molecular flexibility index (Phi) is 3.62. The van der Waals surface area contributed by atoms with Crippen LogP contribution >= 0.6 is 23.2 Å². The molecule has 0 bridgehead atoms. The molecule has 1 aromatic heterocycles. The summed E-state index contributed by atoms with van der Waals surface area (Å²) in [5.74, 6) is 0. The quantitative estimate of drug-likeness (QED) is 0.752. The number of rotatable bonds is 2. The first-order chi connectivity index (χ1) is 9.66. The molecule has 2 nitrogen and oxygen atoms in total. The number of fused-ring (bicyclic) bond motifs is 1. The molecule has 0 aliphatic carbocycles. The molecule has 100 valence electrons. The van der Waals surface area contributed by atoms with Gasteiger partial charge in [-0.25, -0.2) is 0 Å². The average molecular weight is 303 g/mol. The minimum Gasteiger partial charge on any atom is -0.319 e. The molecule has 20 heavy (non-hydrogen) atoms. The minimum atomic E-state index is -0.337.